The highest BCUT2D eigenvalue weighted by molar-refractivity contribution is 6.35. The zero-order valence-corrected chi connectivity index (χ0v) is 16.8. The van der Waals surface area contributed by atoms with Gasteiger partial charge >= 0.3 is 5.97 Å². The van der Waals surface area contributed by atoms with Gasteiger partial charge in [-0.05, 0) is 54.6 Å². The van der Waals surface area contributed by atoms with Crippen LogP contribution in [0, 0.1) is 5.82 Å². The summed E-state index contributed by atoms with van der Waals surface area (Å²) in [6, 6.07) is 15.4. The van der Waals surface area contributed by atoms with Crippen LogP contribution in [-0.4, -0.2) is 37.3 Å². The van der Waals surface area contributed by atoms with Crippen molar-refractivity contribution >= 4 is 29.3 Å². The van der Waals surface area contributed by atoms with Gasteiger partial charge in [0.15, 0.2) is 12.4 Å². The average Bonchev–Trinajstić information content (AvgIpc) is 3.06. The van der Waals surface area contributed by atoms with Crippen molar-refractivity contribution in [2.45, 2.75) is 0 Å². The molecule has 0 bridgehead atoms. The van der Waals surface area contributed by atoms with E-state index in [9.17, 15) is 23.6 Å². The van der Waals surface area contributed by atoms with Gasteiger partial charge in [-0.15, -0.1) is 0 Å². The fourth-order valence-corrected chi connectivity index (χ4v) is 3.33. The van der Waals surface area contributed by atoms with E-state index < -0.39 is 36.0 Å². The van der Waals surface area contributed by atoms with Gasteiger partial charge in [0.25, 0.3) is 11.8 Å². The molecule has 3 aromatic carbocycles. The molecule has 0 saturated carbocycles. The number of nitrogens with zero attached hydrogens (tertiary/aromatic N) is 1. The Morgan fingerprint density at radius 3 is 2.25 bits per heavy atom. The van der Waals surface area contributed by atoms with E-state index in [4.69, 9.17) is 9.47 Å². The standard InChI is InChI=1S/C24H16FNO6/c1-31-21-5-3-2-4-19(21)26-22(28)17-11-8-15(12-18(17)23(26)29)24(30)32-13-20(27)14-6-9-16(25)10-7-14/h2-12H,13H2,1H3. The fourth-order valence-electron chi connectivity index (χ4n) is 3.33. The number of Topliss-reactive ketones (excluding diaryl/α,β-unsaturated/α-hetero) is 1. The fraction of sp³-hybridized carbons (Fsp3) is 0.0833. The molecule has 3 aromatic rings. The van der Waals surface area contributed by atoms with E-state index in [1.54, 1.807) is 24.3 Å². The van der Waals surface area contributed by atoms with Crippen molar-refractivity contribution in [2.75, 3.05) is 18.6 Å². The van der Waals surface area contributed by atoms with Crippen molar-refractivity contribution in [2.24, 2.45) is 0 Å². The summed E-state index contributed by atoms with van der Waals surface area (Å²) in [6.07, 6.45) is 0. The maximum Gasteiger partial charge on any atom is 0.338 e. The molecule has 0 aromatic heterocycles. The van der Waals surface area contributed by atoms with Crippen molar-refractivity contribution in [3.05, 3.63) is 94.8 Å². The first-order valence-electron chi connectivity index (χ1n) is 9.52. The molecule has 1 aliphatic rings. The summed E-state index contributed by atoms with van der Waals surface area (Å²) in [5.74, 6) is -2.63. The average molecular weight is 433 g/mol. The number of imide groups is 1. The Kier molecular flexibility index (Phi) is 5.51. The lowest BCUT2D eigenvalue weighted by molar-refractivity contribution is 0.0474. The lowest BCUT2D eigenvalue weighted by Crippen LogP contribution is -2.29. The molecule has 4 rings (SSSR count). The second kappa shape index (κ2) is 8.43. The number of rotatable bonds is 6. The predicted octanol–water partition coefficient (Wildman–Crippen LogP) is 3.67. The van der Waals surface area contributed by atoms with Crippen molar-refractivity contribution in [1.29, 1.82) is 0 Å². The molecule has 32 heavy (non-hydrogen) atoms. The number of ether oxygens (including phenoxy) is 2. The molecule has 2 amide bonds. The zero-order chi connectivity index (χ0) is 22.8. The third-order valence-electron chi connectivity index (χ3n) is 4.95. The molecule has 1 aliphatic heterocycles. The van der Waals surface area contributed by atoms with Gasteiger partial charge in [0.05, 0.1) is 29.5 Å². The minimum Gasteiger partial charge on any atom is -0.495 e. The van der Waals surface area contributed by atoms with E-state index in [2.05, 4.69) is 0 Å². The summed E-state index contributed by atoms with van der Waals surface area (Å²) in [7, 11) is 1.43. The Balaban J connectivity index is 1.52. The summed E-state index contributed by atoms with van der Waals surface area (Å²) in [5.41, 5.74) is 0.676. The molecule has 0 saturated heterocycles. The topological polar surface area (TPSA) is 90.0 Å². The number of ketones is 1. The molecule has 160 valence electrons. The smallest absolute Gasteiger partial charge is 0.338 e. The molecule has 0 N–H and O–H groups in total. The first-order chi connectivity index (χ1) is 15.4. The number of para-hydroxylation sites is 2. The molecule has 0 atom stereocenters. The van der Waals surface area contributed by atoms with Gasteiger partial charge in [-0.1, -0.05) is 12.1 Å². The van der Waals surface area contributed by atoms with Crippen LogP contribution in [-0.2, 0) is 4.74 Å². The number of hydrogen-bond acceptors (Lipinski definition) is 6. The Labute approximate surface area is 182 Å². The molecular weight excluding hydrogens is 417 g/mol. The number of carbonyl (C=O) groups excluding carboxylic acids is 4. The molecule has 0 fully saturated rings. The van der Waals surface area contributed by atoms with Gasteiger partial charge < -0.3 is 9.47 Å². The number of hydrogen-bond donors (Lipinski definition) is 0. The molecule has 1 heterocycles. The van der Waals surface area contributed by atoms with Gasteiger partial charge in [0, 0.05) is 5.56 Å². The van der Waals surface area contributed by atoms with Crippen molar-refractivity contribution < 1.29 is 33.0 Å². The van der Waals surface area contributed by atoms with Crippen molar-refractivity contribution in [3.8, 4) is 5.75 Å². The Morgan fingerprint density at radius 1 is 0.875 bits per heavy atom. The second-order valence-electron chi connectivity index (χ2n) is 6.88. The van der Waals surface area contributed by atoms with E-state index in [0.29, 0.717) is 5.75 Å². The Morgan fingerprint density at radius 2 is 1.53 bits per heavy atom. The summed E-state index contributed by atoms with van der Waals surface area (Å²) >= 11 is 0. The van der Waals surface area contributed by atoms with Crippen molar-refractivity contribution in [3.63, 3.8) is 0 Å². The minimum absolute atomic E-state index is 0.0127. The first kappa shape index (κ1) is 20.9. The van der Waals surface area contributed by atoms with Crippen LogP contribution in [0.25, 0.3) is 0 Å². The maximum absolute atomic E-state index is 13.0. The van der Waals surface area contributed by atoms with Crippen LogP contribution < -0.4 is 9.64 Å². The first-order valence-corrected chi connectivity index (χ1v) is 9.52. The zero-order valence-electron chi connectivity index (χ0n) is 16.8. The number of benzene rings is 3. The minimum atomic E-state index is -0.834. The molecule has 0 aliphatic carbocycles. The van der Waals surface area contributed by atoms with Gasteiger partial charge in [-0.2, -0.15) is 0 Å². The van der Waals surface area contributed by atoms with Gasteiger partial charge in [-0.3, -0.25) is 14.4 Å². The highest BCUT2D eigenvalue weighted by Crippen LogP contribution is 2.34. The quantitative estimate of drug-likeness (QED) is 0.335. The van der Waals surface area contributed by atoms with E-state index in [0.717, 1.165) is 17.0 Å². The van der Waals surface area contributed by atoms with Gasteiger partial charge in [0.1, 0.15) is 11.6 Å². The number of esters is 1. The number of fused-ring (bicyclic) bond motifs is 1. The summed E-state index contributed by atoms with van der Waals surface area (Å²) in [4.78, 5) is 51.3. The van der Waals surface area contributed by atoms with Crippen LogP contribution in [0.15, 0.2) is 66.7 Å². The second-order valence-corrected chi connectivity index (χ2v) is 6.88. The van der Waals surface area contributed by atoms with E-state index in [1.807, 2.05) is 0 Å². The van der Waals surface area contributed by atoms with E-state index in [1.165, 1.54) is 37.4 Å². The number of amides is 2. The normalized spacial score (nSPS) is 12.5. The lowest BCUT2D eigenvalue weighted by atomic mass is 10.1. The third kappa shape index (κ3) is 3.74. The highest BCUT2D eigenvalue weighted by atomic mass is 19.1. The Hall–Kier alpha value is -4.33. The van der Waals surface area contributed by atoms with Gasteiger partial charge in [-0.25, -0.2) is 14.1 Å². The maximum atomic E-state index is 13.0. The van der Waals surface area contributed by atoms with Crippen LogP contribution in [0.1, 0.15) is 41.4 Å². The predicted molar refractivity (Wildman–Crippen MR) is 112 cm³/mol. The lowest BCUT2D eigenvalue weighted by Gasteiger charge is -2.16. The summed E-state index contributed by atoms with van der Waals surface area (Å²) in [5, 5.41) is 0. The van der Waals surface area contributed by atoms with Gasteiger partial charge in [0.2, 0.25) is 0 Å². The SMILES string of the molecule is COc1ccccc1N1C(=O)c2ccc(C(=O)OCC(=O)c3ccc(F)cc3)cc2C1=O. The number of methoxy groups -OCH3 is 1. The molecule has 0 radical (unpaired) electrons. The Bertz CT molecular complexity index is 1250. The largest absolute Gasteiger partial charge is 0.495 e. The van der Waals surface area contributed by atoms with Crippen LogP contribution in [0.3, 0.4) is 0 Å². The summed E-state index contributed by atoms with van der Waals surface area (Å²) in [6.45, 7) is -0.554. The van der Waals surface area contributed by atoms with Crippen LogP contribution in [0.4, 0.5) is 10.1 Å². The monoisotopic (exact) mass is 433 g/mol. The molecular formula is C24H16FNO6. The molecule has 0 spiro atoms. The van der Waals surface area contributed by atoms with Crippen LogP contribution in [0.2, 0.25) is 0 Å². The van der Waals surface area contributed by atoms with E-state index >= 15 is 0 Å². The number of halogens is 1. The molecule has 7 nitrogen and oxygen atoms in total. The van der Waals surface area contributed by atoms with Crippen molar-refractivity contribution in [1.82, 2.24) is 0 Å². The van der Waals surface area contributed by atoms with E-state index in [-0.39, 0.29) is 27.9 Å². The third-order valence-corrected chi connectivity index (χ3v) is 4.95. The number of carbonyl (C=O) groups is 4. The molecule has 0 unspecified atom stereocenters. The highest BCUT2D eigenvalue weighted by Gasteiger charge is 2.38. The van der Waals surface area contributed by atoms with Crippen LogP contribution >= 0.6 is 0 Å². The summed E-state index contributed by atoms with van der Waals surface area (Å²) < 4.78 is 23.2. The van der Waals surface area contributed by atoms with Crippen LogP contribution in [0.5, 0.6) is 5.75 Å². The molecule has 8 heteroatoms. The number of anilines is 1.